The lowest BCUT2D eigenvalue weighted by atomic mass is 10.0. The Hall–Kier alpha value is -2.89. The van der Waals surface area contributed by atoms with Gasteiger partial charge in [0.25, 0.3) is 11.8 Å². The van der Waals surface area contributed by atoms with Crippen LogP contribution in [0.4, 0.5) is 0 Å². The molecular weight excluding hydrogens is 382 g/mol. The molecule has 1 saturated heterocycles. The minimum Gasteiger partial charge on any atom is -0.510 e. The van der Waals surface area contributed by atoms with Crippen LogP contribution in [0.3, 0.4) is 0 Å². The molecular formula is C15H17N3O8S. The highest BCUT2D eigenvalue weighted by Gasteiger charge is 2.54. The number of carbonyl (C=O) groups excluding carboxylic acids is 3. The second-order valence-electron chi connectivity index (χ2n) is 5.64. The molecule has 2 heterocycles. The summed E-state index contributed by atoms with van der Waals surface area (Å²) in [7, 11) is 0. The number of carboxylic acids is 1. The number of carbonyl (C=O) groups is 4. The molecule has 0 aromatic rings. The Bertz CT molecular complexity index is 775. The molecule has 12 heteroatoms. The third-order valence-electron chi connectivity index (χ3n) is 3.90. The van der Waals surface area contributed by atoms with Gasteiger partial charge in [-0.05, 0) is 5.18 Å². The molecule has 2 rings (SSSR count). The molecule has 0 saturated carbocycles. The van der Waals surface area contributed by atoms with Crippen LogP contribution < -0.4 is 5.32 Å². The van der Waals surface area contributed by atoms with Gasteiger partial charge in [-0.1, -0.05) is 6.92 Å². The Morgan fingerprint density at radius 3 is 2.56 bits per heavy atom. The number of aliphatic carboxylic acids is 1. The summed E-state index contributed by atoms with van der Waals surface area (Å²) in [4.78, 5) is 58.7. The number of ether oxygens (including phenoxy) is 1. The maximum atomic E-state index is 12.4. The van der Waals surface area contributed by atoms with Crippen molar-refractivity contribution in [2.45, 2.75) is 31.7 Å². The van der Waals surface area contributed by atoms with Crippen LogP contribution in [-0.4, -0.2) is 62.6 Å². The van der Waals surface area contributed by atoms with Gasteiger partial charge in [0.1, 0.15) is 29.5 Å². The summed E-state index contributed by atoms with van der Waals surface area (Å²) in [5.74, 6) is -4.01. The van der Waals surface area contributed by atoms with Crippen LogP contribution in [0.5, 0.6) is 0 Å². The second-order valence-corrected chi connectivity index (χ2v) is 6.74. The molecule has 0 aromatic heterocycles. The standard InChI is InChI=1S/C15H17N3O8S/c1-3-8(20)9(17-25)12(21)16-10-13(22)18-11(15(23)24)7(4-26-6(2)19)5-27-14(10)18/h10,14,20H,3-5H2,1-2H3,(H,16,21)(H,23,24)/t10-,14+/m1/s1. The zero-order valence-electron chi connectivity index (χ0n) is 14.4. The zero-order chi connectivity index (χ0) is 20.3. The van der Waals surface area contributed by atoms with Gasteiger partial charge in [-0.3, -0.25) is 19.3 Å². The number of nitrogens with zero attached hydrogens (tertiary/aromatic N) is 2. The lowest BCUT2D eigenvalue weighted by Crippen LogP contribution is -2.70. The average molecular weight is 399 g/mol. The van der Waals surface area contributed by atoms with E-state index in [1.54, 1.807) is 0 Å². The highest BCUT2D eigenvalue weighted by molar-refractivity contribution is 8.00. The number of nitrogens with one attached hydrogen (secondary N) is 1. The van der Waals surface area contributed by atoms with Crippen LogP contribution in [0.25, 0.3) is 0 Å². The number of allylic oxidation sites excluding steroid dienone is 1. The summed E-state index contributed by atoms with van der Waals surface area (Å²) in [5.41, 5.74) is -0.763. The van der Waals surface area contributed by atoms with E-state index >= 15 is 0 Å². The van der Waals surface area contributed by atoms with E-state index in [2.05, 4.69) is 10.5 Å². The fourth-order valence-electron chi connectivity index (χ4n) is 2.59. The normalized spacial score (nSPS) is 22.3. The number of β-lactam (4-membered cyclic amide) rings is 1. The predicted molar refractivity (Wildman–Crippen MR) is 92.1 cm³/mol. The van der Waals surface area contributed by atoms with Gasteiger partial charge in [0.15, 0.2) is 0 Å². The van der Waals surface area contributed by atoms with Crippen molar-refractivity contribution in [3.8, 4) is 0 Å². The number of aliphatic hydroxyl groups is 1. The lowest BCUT2D eigenvalue weighted by molar-refractivity contribution is -0.150. The number of hydrogen-bond acceptors (Lipinski definition) is 9. The monoisotopic (exact) mass is 399 g/mol. The number of aliphatic hydroxyl groups excluding tert-OH is 1. The first-order valence-electron chi connectivity index (χ1n) is 7.82. The van der Waals surface area contributed by atoms with Gasteiger partial charge in [0.2, 0.25) is 5.70 Å². The maximum Gasteiger partial charge on any atom is 0.352 e. The highest BCUT2D eigenvalue weighted by atomic mass is 32.2. The molecule has 0 unspecified atom stereocenters. The van der Waals surface area contributed by atoms with Crippen LogP contribution in [0.15, 0.2) is 27.9 Å². The molecule has 2 atom stereocenters. The van der Waals surface area contributed by atoms with E-state index < -0.39 is 46.6 Å². The van der Waals surface area contributed by atoms with Gasteiger partial charge in [-0.2, -0.15) is 0 Å². The molecule has 11 nitrogen and oxygen atoms in total. The van der Waals surface area contributed by atoms with Crippen molar-refractivity contribution in [1.82, 2.24) is 10.2 Å². The molecule has 2 amide bonds. The summed E-state index contributed by atoms with van der Waals surface area (Å²) in [6, 6.07) is -1.08. The van der Waals surface area contributed by atoms with Crippen LogP contribution in [0.2, 0.25) is 0 Å². The quantitative estimate of drug-likeness (QED) is 0.179. The minimum atomic E-state index is -1.36. The molecule has 2 aliphatic heterocycles. The summed E-state index contributed by atoms with van der Waals surface area (Å²) >= 11 is 1.17. The smallest absolute Gasteiger partial charge is 0.352 e. The summed E-state index contributed by atoms with van der Waals surface area (Å²) < 4.78 is 4.82. The molecule has 0 aliphatic carbocycles. The summed E-state index contributed by atoms with van der Waals surface area (Å²) in [6.07, 6.45) is 0.00280. The molecule has 146 valence electrons. The number of esters is 1. The van der Waals surface area contributed by atoms with Gasteiger partial charge < -0.3 is 20.3 Å². The number of carboxylic acid groups (broad SMARTS) is 1. The van der Waals surface area contributed by atoms with Gasteiger partial charge in [0.05, 0.1) is 0 Å². The summed E-state index contributed by atoms with van der Waals surface area (Å²) in [5, 5.41) is 23.0. The first-order chi connectivity index (χ1) is 12.7. The third kappa shape index (κ3) is 3.94. The largest absolute Gasteiger partial charge is 0.510 e. The SMILES string of the molecule is CCC(O)=C(N=O)C(=O)N[C@@H]1C(=O)N2C(C(=O)O)=C(COC(C)=O)CS[C@@H]12. The van der Waals surface area contributed by atoms with E-state index in [-0.39, 0.29) is 30.1 Å². The highest BCUT2D eigenvalue weighted by Crippen LogP contribution is 2.40. The van der Waals surface area contributed by atoms with E-state index in [1.807, 2.05) is 0 Å². The fraction of sp³-hybridized carbons (Fsp3) is 0.467. The van der Waals surface area contributed by atoms with Gasteiger partial charge in [-0.15, -0.1) is 16.7 Å². The van der Waals surface area contributed by atoms with Crippen LogP contribution in [0, 0.1) is 4.91 Å². The van der Waals surface area contributed by atoms with Crippen molar-refractivity contribution in [3.63, 3.8) is 0 Å². The van der Waals surface area contributed by atoms with Crippen LogP contribution in [-0.2, 0) is 23.9 Å². The average Bonchev–Trinajstić information content (AvgIpc) is 2.63. The van der Waals surface area contributed by atoms with Crippen molar-refractivity contribution >= 4 is 35.5 Å². The topological polar surface area (TPSA) is 163 Å². The van der Waals surface area contributed by atoms with Crippen molar-refractivity contribution in [1.29, 1.82) is 0 Å². The molecule has 0 aromatic carbocycles. The lowest BCUT2D eigenvalue weighted by Gasteiger charge is -2.49. The fourth-order valence-corrected chi connectivity index (χ4v) is 3.91. The molecule has 0 bridgehead atoms. The van der Waals surface area contributed by atoms with E-state index in [0.29, 0.717) is 0 Å². The molecule has 2 aliphatic rings. The Morgan fingerprint density at radius 2 is 2.04 bits per heavy atom. The van der Waals surface area contributed by atoms with Gasteiger partial charge >= 0.3 is 11.9 Å². The molecule has 0 spiro atoms. The van der Waals surface area contributed by atoms with Crippen molar-refractivity contribution in [2.75, 3.05) is 12.4 Å². The number of hydrogen-bond donors (Lipinski definition) is 3. The number of fused-ring (bicyclic) bond motifs is 1. The maximum absolute atomic E-state index is 12.4. The van der Waals surface area contributed by atoms with Gasteiger partial charge in [0, 0.05) is 24.7 Å². The molecule has 3 N–H and O–H groups in total. The number of nitroso groups, excluding NO2 is 1. The zero-order valence-corrected chi connectivity index (χ0v) is 15.2. The predicted octanol–water partition coefficient (Wildman–Crippen LogP) is 0.234. The first-order valence-corrected chi connectivity index (χ1v) is 8.87. The Balaban J connectivity index is 2.20. The van der Waals surface area contributed by atoms with E-state index in [4.69, 9.17) is 4.74 Å². The van der Waals surface area contributed by atoms with E-state index in [9.17, 15) is 34.3 Å². The Labute approximate surface area is 157 Å². The van der Waals surface area contributed by atoms with Crippen LogP contribution >= 0.6 is 11.8 Å². The Morgan fingerprint density at radius 1 is 1.37 bits per heavy atom. The minimum absolute atomic E-state index is 0.00280. The third-order valence-corrected chi connectivity index (χ3v) is 5.24. The van der Waals surface area contributed by atoms with Crippen molar-refractivity contribution < 1.29 is 34.1 Å². The molecule has 1 fully saturated rings. The van der Waals surface area contributed by atoms with Crippen molar-refractivity contribution in [2.24, 2.45) is 5.18 Å². The number of thioether (sulfide) groups is 1. The summed E-state index contributed by atoms with van der Waals surface area (Å²) in [6.45, 7) is 2.43. The Kier molecular flexibility index (Phi) is 6.20. The van der Waals surface area contributed by atoms with Gasteiger partial charge in [-0.25, -0.2) is 4.79 Å². The second kappa shape index (κ2) is 8.20. The van der Waals surface area contributed by atoms with E-state index in [0.717, 1.165) is 4.90 Å². The van der Waals surface area contributed by atoms with Crippen molar-refractivity contribution in [3.05, 3.63) is 27.6 Å². The molecule has 27 heavy (non-hydrogen) atoms. The first kappa shape index (κ1) is 20.4. The molecule has 0 radical (unpaired) electrons. The van der Waals surface area contributed by atoms with E-state index in [1.165, 1.54) is 25.6 Å². The number of amides is 2. The van der Waals surface area contributed by atoms with Crippen LogP contribution in [0.1, 0.15) is 20.3 Å². The number of rotatable bonds is 7.